The highest BCUT2D eigenvalue weighted by Gasteiger charge is 2.42. The molecule has 2 aromatic rings. The van der Waals surface area contributed by atoms with E-state index in [4.69, 9.17) is 5.73 Å². The molecule has 0 bridgehead atoms. The normalized spacial score (nSPS) is 17.4. The Hall–Kier alpha value is -2.78. The van der Waals surface area contributed by atoms with Crippen molar-refractivity contribution in [2.45, 2.75) is 84.8 Å². The Labute approximate surface area is 224 Å². The molecule has 1 aliphatic rings. The zero-order valence-electron chi connectivity index (χ0n) is 22.7. The second kappa shape index (κ2) is 12.6. The number of hydrogen-bond acceptors (Lipinski definition) is 6. The molecule has 4 N–H and O–H groups in total. The van der Waals surface area contributed by atoms with Crippen molar-refractivity contribution in [2.75, 3.05) is 13.1 Å². The van der Waals surface area contributed by atoms with Gasteiger partial charge in [-0.05, 0) is 62.6 Å². The van der Waals surface area contributed by atoms with Crippen molar-refractivity contribution >= 4 is 29.1 Å². The van der Waals surface area contributed by atoms with Gasteiger partial charge in [-0.2, -0.15) is 0 Å². The van der Waals surface area contributed by atoms with Crippen molar-refractivity contribution in [3.8, 4) is 10.4 Å². The Balaban J connectivity index is 1.65. The lowest BCUT2D eigenvalue weighted by Crippen LogP contribution is -2.57. The molecule has 3 rings (SSSR count). The Kier molecular flexibility index (Phi) is 9.84. The zero-order valence-corrected chi connectivity index (χ0v) is 23.5. The van der Waals surface area contributed by atoms with Crippen molar-refractivity contribution < 1.29 is 14.4 Å². The summed E-state index contributed by atoms with van der Waals surface area (Å²) >= 11 is 1.61. The van der Waals surface area contributed by atoms with Crippen molar-refractivity contribution in [1.29, 1.82) is 0 Å². The van der Waals surface area contributed by atoms with Gasteiger partial charge in [0.2, 0.25) is 17.7 Å². The smallest absolute Gasteiger partial charge is 0.246 e. The molecule has 0 saturated carbocycles. The first-order valence-electron chi connectivity index (χ1n) is 13.1. The lowest BCUT2D eigenvalue weighted by molar-refractivity contribution is -0.144. The van der Waals surface area contributed by atoms with E-state index in [-0.39, 0.29) is 23.8 Å². The van der Waals surface area contributed by atoms with E-state index in [2.05, 4.69) is 15.6 Å². The van der Waals surface area contributed by atoms with Crippen LogP contribution in [-0.2, 0) is 14.4 Å². The summed E-state index contributed by atoms with van der Waals surface area (Å²) in [4.78, 5) is 46.5. The molecule has 3 amide bonds. The van der Waals surface area contributed by atoms with Crippen LogP contribution >= 0.6 is 11.3 Å². The van der Waals surface area contributed by atoms with Crippen LogP contribution < -0.4 is 16.4 Å². The van der Waals surface area contributed by atoms with Gasteiger partial charge in [0.25, 0.3) is 0 Å². The maximum Gasteiger partial charge on any atom is 0.246 e. The summed E-state index contributed by atoms with van der Waals surface area (Å²) in [7, 11) is 0. The molecule has 202 valence electrons. The fraction of sp³-hybridized carbons (Fsp3) is 0.571. The minimum Gasteiger partial charge on any atom is -0.348 e. The molecule has 1 aromatic heterocycles. The third-order valence-corrected chi connectivity index (χ3v) is 7.87. The van der Waals surface area contributed by atoms with E-state index in [1.807, 2.05) is 64.4 Å². The lowest BCUT2D eigenvalue weighted by atomic mass is 9.85. The first-order valence-corrected chi connectivity index (χ1v) is 14.0. The molecule has 0 radical (unpaired) electrons. The summed E-state index contributed by atoms with van der Waals surface area (Å²) in [5.41, 5.74) is 9.98. The van der Waals surface area contributed by atoms with Gasteiger partial charge in [0, 0.05) is 13.0 Å². The predicted molar refractivity (Wildman–Crippen MR) is 148 cm³/mol. The maximum absolute atomic E-state index is 13.6. The first kappa shape index (κ1) is 28.8. The van der Waals surface area contributed by atoms with Crippen LogP contribution in [-0.4, -0.2) is 52.8 Å². The van der Waals surface area contributed by atoms with Crippen LogP contribution in [0.1, 0.15) is 77.1 Å². The Bertz CT molecular complexity index is 1080. The Morgan fingerprint density at radius 1 is 1.16 bits per heavy atom. The van der Waals surface area contributed by atoms with E-state index in [9.17, 15) is 14.4 Å². The minimum absolute atomic E-state index is 0.160. The molecule has 0 aliphatic carbocycles. The largest absolute Gasteiger partial charge is 0.348 e. The van der Waals surface area contributed by atoms with Crippen LogP contribution in [0, 0.1) is 12.3 Å². The van der Waals surface area contributed by atoms with Gasteiger partial charge in [0.05, 0.1) is 22.1 Å². The van der Waals surface area contributed by atoms with Gasteiger partial charge >= 0.3 is 0 Å². The van der Waals surface area contributed by atoms with Gasteiger partial charge in [-0.15, -0.1) is 11.3 Å². The van der Waals surface area contributed by atoms with Crippen molar-refractivity contribution in [3.05, 3.63) is 41.0 Å². The summed E-state index contributed by atoms with van der Waals surface area (Å²) < 4.78 is 0. The molecular formula is C28H41N5O3S. The molecule has 37 heavy (non-hydrogen) atoms. The molecule has 3 unspecified atom stereocenters. The van der Waals surface area contributed by atoms with E-state index >= 15 is 0 Å². The standard InChI is InChI=1S/C28H41N5O3S/c1-18(20-11-13-21(14-12-20)24-19(2)30-17-37-24)31-26(35)22-9-8-16-33(22)27(36)25(28(3,4)5)32-23(34)10-6-7-15-29/h11-14,17-18,22,25H,6-10,15-16,29H2,1-5H3,(H,31,35)(H,32,34). The Morgan fingerprint density at radius 2 is 1.86 bits per heavy atom. The van der Waals surface area contributed by atoms with Crippen LogP contribution in [0.5, 0.6) is 0 Å². The summed E-state index contributed by atoms with van der Waals surface area (Å²) in [6.07, 6.45) is 3.14. The van der Waals surface area contributed by atoms with E-state index in [1.54, 1.807) is 16.2 Å². The Morgan fingerprint density at radius 3 is 2.46 bits per heavy atom. The number of carbonyl (C=O) groups excluding carboxylic acids is 3. The summed E-state index contributed by atoms with van der Waals surface area (Å²) in [6, 6.07) is 6.68. The van der Waals surface area contributed by atoms with Gasteiger partial charge in [-0.3, -0.25) is 14.4 Å². The SMILES string of the molecule is Cc1ncsc1-c1ccc(C(C)NC(=O)C2CCCN2C(=O)C(NC(=O)CCCCN)C(C)(C)C)cc1. The molecule has 1 aliphatic heterocycles. The highest BCUT2D eigenvalue weighted by Crippen LogP contribution is 2.29. The fourth-order valence-electron chi connectivity index (χ4n) is 4.68. The topological polar surface area (TPSA) is 117 Å². The molecule has 3 atom stereocenters. The number of nitrogens with one attached hydrogen (secondary N) is 2. The summed E-state index contributed by atoms with van der Waals surface area (Å²) in [5.74, 6) is -0.524. The first-order chi connectivity index (χ1) is 17.5. The molecule has 9 heteroatoms. The van der Waals surface area contributed by atoms with Crippen molar-refractivity contribution in [1.82, 2.24) is 20.5 Å². The molecule has 8 nitrogen and oxygen atoms in total. The number of thiazole rings is 1. The average Bonchev–Trinajstić information content (AvgIpc) is 3.51. The number of carbonyl (C=O) groups is 3. The van der Waals surface area contributed by atoms with E-state index in [1.165, 1.54) is 0 Å². The number of rotatable bonds is 10. The van der Waals surface area contributed by atoms with Gasteiger partial charge in [-0.25, -0.2) is 4.98 Å². The van der Waals surface area contributed by atoms with Crippen LogP contribution in [0.25, 0.3) is 10.4 Å². The monoisotopic (exact) mass is 527 g/mol. The highest BCUT2D eigenvalue weighted by molar-refractivity contribution is 7.13. The highest BCUT2D eigenvalue weighted by atomic mass is 32.1. The molecule has 0 spiro atoms. The number of hydrogen-bond donors (Lipinski definition) is 3. The number of aryl methyl sites for hydroxylation is 1. The number of nitrogens with zero attached hydrogens (tertiary/aromatic N) is 2. The van der Waals surface area contributed by atoms with Gasteiger partial charge in [-0.1, -0.05) is 45.0 Å². The number of aromatic nitrogens is 1. The number of likely N-dealkylation sites (tertiary alicyclic amines) is 1. The number of unbranched alkanes of at least 4 members (excludes halogenated alkanes) is 1. The molecule has 1 fully saturated rings. The van der Waals surface area contributed by atoms with Gasteiger partial charge in [0.1, 0.15) is 12.1 Å². The van der Waals surface area contributed by atoms with Gasteiger partial charge in [0.15, 0.2) is 0 Å². The van der Waals surface area contributed by atoms with Crippen LogP contribution in [0.2, 0.25) is 0 Å². The summed E-state index contributed by atoms with van der Waals surface area (Å²) in [6.45, 7) is 10.8. The van der Waals surface area contributed by atoms with E-state index in [0.29, 0.717) is 32.4 Å². The maximum atomic E-state index is 13.6. The van der Waals surface area contributed by atoms with Crippen molar-refractivity contribution in [2.24, 2.45) is 11.1 Å². The molecule has 1 saturated heterocycles. The number of nitrogens with two attached hydrogens (primary N) is 1. The predicted octanol–water partition coefficient (Wildman–Crippen LogP) is 3.95. The minimum atomic E-state index is -0.702. The zero-order chi connectivity index (χ0) is 27.2. The average molecular weight is 528 g/mol. The van der Waals surface area contributed by atoms with Crippen LogP contribution in [0.4, 0.5) is 0 Å². The fourth-order valence-corrected chi connectivity index (χ4v) is 5.49. The second-order valence-corrected chi connectivity index (χ2v) is 11.8. The quantitative estimate of drug-likeness (QED) is 0.405. The molecular weight excluding hydrogens is 486 g/mol. The molecule has 2 heterocycles. The van der Waals surface area contributed by atoms with Crippen LogP contribution in [0.3, 0.4) is 0 Å². The van der Waals surface area contributed by atoms with Crippen LogP contribution in [0.15, 0.2) is 29.8 Å². The molecule has 1 aromatic carbocycles. The third-order valence-electron chi connectivity index (χ3n) is 6.89. The second-order valence-electron chi connectivity index (χ2n) is 10.9. The van der Waals surface area contributed by atoms with Gasteiger partial charge < -0.3 is 21.3 Å². The van der Waals surface area contributed by atoms with Crippen molar-refractivity contribution in [3.63, 3.8) is 0 Å². The van der Waals surface area contributed by atoms with E-state index in [0.717, 1.165) is 34.5 Å². The number of benzene rings is 1. The lowest BCUT2D eigenvalue weighted by Gasteiger charge is -2.35. The van der Waals surface area contributed by atoms with E-state index < -0.39 is 17.5 Å². The third kappa shape index (κ3) is 7.38. The number of amides is 3. The summed E-state index contributed by atoms with van der Waals surface area (Å²) in [5, 5.41) is 6.03.